The molecular weight excluding hydrogens is 386 g/mol. The molecule has 6 heteroatoms. The molecular formula is C24H24F2N2O2. The van der Waals surface area contributed by atoms with Crippen molar-refractivity contribution < 1.29 is 18.4 Å². The fourth-order valence-corrected chi connectivity index (χ4v) is 4.04. The van der Waals surface area contributed by atoms with Crippen molar-refractivity contribution in [3.05, 3.63) is 75.5 Å². The van der Waals surface area contributed by atoms with Crippen LogP contribution in [0.3, 0.4) is 0 Å². The van der Waals surface area contributed by atoms with E-state index in [0.717, 1.165) is 24.7 Å². The Kier molecular flexibility index (Phi) is 5.41. The van der Waals surface area contributed by atoms with Gasteiger partial charge in [-0.2, -0.15) is 0 Å². The molecule has 0 aromatic heterocycles. The molecule has 156 valence electrons. The number of carbonyl (C=O) groups excluding carboxylic acids is 2. The Hall–Kier alpha value is -3.02. The molecule has 1 atom stereocenters. The average Bonchev–Trinajstić information content (AvgIpc) is 3.57. The average molecular weight is 410 g/mol. The summed E-state index contributed by atoms with van der Waals surface area (Å²) in [4.78, 5) is 24.5. The maximum absolute atomic E-state index is 14.5. The van der Waals surface area contributed by atoms with E-state index in [2.05, 4.69) is 10.6 Å². The first kappa shape index (κ1) is 20.3. The van der Waals surface area contributed by atoms with Gasteiger partial charge in [0.2, 0.25) is 0 Å². The lowest BCUT2D eigenvalue weighted by molar-refractivity contribution is -0.116. The van der Waals surface area contributed by atoms with Crippen LogP contribution in [0.15, 0.2) is 36.0 Å². The second-order valence-electron chi connectivity index (χ2n) is 8.12. The zero-order chi connectivity index (χ0) is 21.4. The first-order chi connectivity index (χ1) is 14.4. The van der Waals surface area contributed by atoms with E-state index in [1.54, 1.807) is 26.0 Å². The van der Waals surface area contributed by atoms with Crippen molar-refractivity contribution in [2.45, 2.75) is 51.6 Å². The highest BCUT2D eigenvalue weighted by atomic mass is 19.1. The lowest BCUT2D eigenvalue weighted by Gasteiger charge is -2.26. The Morgan fingerprint density at radius 2 is 2.03 bits per heavy atom. The van der Waals surface area contributed by atoms with Crippen LogP contribution >= 0.6 is 0 Å². The van der Waals surface area contributed by atoms with Crippen LogP contribution in [0.4, 0.5) is 8.78 Å². The standard InChI is InChI=1S/C24H24F2N2O2/c1-13(12-29)19-5-6-21(26)20-11-27-14(2)22(23(19)20)24(30)28-10-15-7-17(16-3-4-16)9-18(25)8-15/h5-9,12-13,16,27H,3-4,10-11H2,1-2H3,(H,28,30). The fourth-order valence-electron chi connectivity index (χ4n) is 4.04. The zero-order valence-corrected chi connectivity index (χ0v) is 17.0. The molecule has 1 heterocycles. The minimum Gasteiger partial charge on any atom is -0.384 e. The molecule has 1 aliphatic heterocycles. The van der Waals surface area contributed by atoms with Crippen LogP contribution in [0, 0.1) is 11.6 Å². The van der Waals surface area contributed by atoms with Crippen molar-refractivity contribution in [3.63, 3.8) is 0 Å². The minimum absolute atomic E-state index is 0.163. The van der Waals surface area contributed by atoms with Crippen molar-refractivity contribution in [1.82, 2.24) is 10.6 Å². The van der Waals surface area contributed by atoms with Crippen LogP contribution < -0.4 is 10.6 Å². The van der Waals surface area contributed by atoms with Crippen LogP contribution in [-0.4, -0.2) is 12.2 Å². The Balaban J connectivity index is 1.64. The SMILES string of the molecule is CC1=C(C(=O)NCc2cc(F)cc(C3CC3)c2)c2c(C(C)C=O)ccc(F)c2CN1. The first-order valence-electron chi connectivity index (χ1n) is 10.2. The number of halogens is 2. The first-order valence-corrected chi connectivity index (χ1v) is 10.2. The van der Waals surface area contributed by atoms with Gasteiger partial charge in [0.25, 0.3) is 5.91 Å². The second kappa shape index (κ2) is 8.01. The molecule has 4 nitrogen and oxygen atoms in total. The highest BCUT2D eigenvalue weighted by molar-refractivity contribution is 6.21. The van der Waals surface area contributed by atoms with Crippen molar-refractivity contribution in [3.8, 4) is 0 Å². The summed E-state index contributed by atoms with van der Waals surface area (Å²) >= 11 is 0. The van der Waals surface area contributed by atoms with Gasteiger partial charge in [0.15, 0.2) is 0 Å². The number of amides is 1. The van der Waals surface area contributed by atoms with Crippen LogP contribution in [0.2, 0.25) is 0 Å². The molecule has 2 N–H and O–H groups in total. The summed E-state index contributed by atoms with van der Waals surface area (Å²) in [7, 11) is 0. The summed E-state index contributed by atoms with van der Waals surface area (Å²) in [6, 6.07) is 7.79. The smallest absolute Gasteiger partial charge is 0.253 e. The van der Waals surface area contributed by atoms with E-state index in [0.29, 0.717) is 39.4 Å². The highest BCUT2D eigenvalue weighted by Crippen LogP contribution is 2.40. The molecule has 1 fully saturated rings. The quantitative estimate of drug-likeness (QED) is 0.699. The van der Waals surface area contributed by atoms with E-state index < -0.39 is 11.7 Å². The topological polar surface area (TPSA) is 58.2 Å². The molecule has 2 aromatic rings. The number of carbonyl (C=O) groups is 2. The molecule has 1 unspecified atom stereocenters. The van der Waals surface area contributed by atoms with Crippen LogP contribution in [0.25, 0.3) is 5.57 Å². The third-order valence-electron chi connectivity index (χ3n) is 5.85. The lowest BCUT2D eigenvalue weighted by atomic mass is 9.85. The number of rotatable bonds is 6. The van der Waals surface area contributed by atoms with Crippen molar-refractivity contribution in [2.75, 3.05) is 0 Å². The van der Waals surface area contributed by atoms with Gasteiger partial charge < -0.3 is 15.4 Å². The molecule has 1 saturated carbocycles. The number of aldehydes is 1. The summed E-state index contributed by atoms with van der Waals surface area (Å²) in [6.45, 7) is 3.89. The maximum atomic E-state index is 14.5. The maximum Gasteiger partial charge on any atom is 0.253 e. The molecule has 2 aliphatic rings. The van der Waals surface area contributed by atoms with E-state index in [9.17, 15) is 18.4 Å². The van der Waals surface area contributed by atoms with Gasteiger partial charge in [-0.3, -0.25) is 4.79 Å². The molecule has 2 aromatic carbocycles. The monoisotopic (exact) mass is 410 g/mol. The minimum atomic E-state index is -0.475. The van der Waals surface area contributed by atoms with Gasteiger partial charge in [-0.1, -0.05) is 19.1 Å². The molecule has 4 rings (SSSR count). The predicted molar refractivity (Wildman–Crippen MR) is 111 cm³/mol. The third kappa shape index (κ3) is 3.86. The summed E-state index contributed by atoms with van der Waals surface area (Å²) in [5, 5.41) is 5.91. The van der Waals surface area contributed by atoms with Crippen LogP contribution in [0.5, 0.6) is 0 Å². The Morgan fingerprint density at radius 3 is 2.73 bits per heavy atom. The summed E-state index contributed by atoms with van der Waals surface area (Å²) in [6.07, 6.45) is 2.91. The number of allylic oxidation sites excluding steroid dienone is 1. The third-order valence-corrected chi connectivity index (χ3v) is 5.85. The van der Waals surface area contributed by atoms with Crippen LogP contribution in [-0.2, 0) is 22.7 Å². The molecule has 1 aliphatic carbocycles. The van der Waals surface area contributed by atoms with E-state index in [1.165, 1.54) is 12.1 Å². The van der Waals surface area contributed by atoms with Gasteiger partial charge in [-0.25, -0.2) is 8.78 Å². The number of hydrogen-bond donors (Lipinski definition) is 2. The van der Waals surface area contributed by atoms with Gasteiger partial charge in [-0.05, 0) is 60.6 Å². The normalized spacial score (nSPS) is 16.5. The number of nitrogens with one attached hydrogen (secondary N) is 2. The van der Waals surface area contributed by atoms with E-state index in [-0.39, 0.29) is 24.8 Å². The van der Waals surface area contributed by atoms with E-state index in [1.807, 2.05) is 6.07 Å². The van der Waals surface area contributed by atoms with Gasteiger partial charge in [0, 0.05) is 35.8 Å². The number of hydrogen-bond acceptors (Lipinski definition) is 3. The Bertz CT molecular complexity index is 1060. The van der Waals surface area contributed by atoms with Crippen molar-refractivity contribution >= 4 is 17.8 Å². The predicted octanol–water partition coefficient (Wildman–Crippen LogP) is 4.30. The molecule has 0 bridgehead atoms. The van der Waals surface area contributed by atoms with Gasteiger partial charge in [-0.15, -0.1) is 0 Å². The largest absolute Gasteiger partial charge is 0.384 e. The van der Waals surface area contributed by atoms with E-state index >= 15 is 0 Å². The fraction of sp³-hybridized carbons (Fsp3) is 0.333. The Labute approximate surface area is 174 Å². The van der Waals surface area contributed by atoms with Gasteiger partial charge in [0.05, 0.1) is 5.57 Å². The summed E-state index contributed by atoms with van der Waals surface area (Å²) < 4.78 is 28.5. The van der Waals surface area contributed by atoms with Crippen LogP contribution in [0.1, 0.15) is 66.3 Å². The second-order valence-corrected chi connectivity index (χ2v) is 8.12. The molecule has 0 saturated heterocycles. The molecule has 1 amide bonds. The lowest BCUT2D eigenvalue weighted by Crippen LogP contribution is -2.31. The van der Waals surface area contributed by atoms with Crippen molar-refractivity contribution in [1.29, 1.82) is 0 Å². The van der Waals surface area contributed by atoms with Gasteiger partial charge >= 0.3 is 0 Å². The zero-order valence-electron chi connectivity index (χ0n) is 17.0. The highest BCUT2D eigenvalue weighted by Gasteiger charge is 2.29. The number of benzene rings is 2. The number of fused-ring (bicyclic) bond motifs is 1. The van der Waals surface area contributed by atoms with Crippen molar-refractivity contribution in [2.24, 2.45) is 0 Å². The molecule has 0 radical (unpaired) electrons. The molecule has 30 heavy (non-hydrogen) atoms. The van der Waals surface area contributed by atoms with E-state index in [4.69, 9.17) is 0 Å². The van der Waals surface area contributed by atoms with Gasteiger partial charge in [0.1, 0.15) is 17.9 Å². The molecule has 0 spiro atoms. The summed E-state index contributed by atoms with van der Waals surface area (Å²) in [5.41, 5.74) is 4.05. The summed E-state index contributed by atoms with van der Waals surface area (Å²) in [5.74, 6) is -1.19. The Morgan fingerprint density at radius 1 is 1.27 bits per heavy atom.